The van der Waals surface area contributed by atoms with Gasteiger partial charge in [-0.3, -0.25) is 4.57 Å². The van der Waals surface area contributed by atoms with Crippen LogP contribution in [0.25, 0.3) is 61.2 Å². The smallest absolute Gasteiger partial charge is 0.268 e. The number of nitrogens with zero attached hydrogens (tertiary/aromatic N) is 4. The van der Waals surface area contributed by atoms with E-state index in [2.05, 4.69) is 164 Å². The number of ether oxygens (including phenoxy) is 1. The zero-order valence-corrected chi connectivity index (χ0v) is 31.2. The van der Waals surface area contributed by atoms with E-state index in [1.165, 1.54) is 5.56 Å². The fraction of sp³-hybridized carbons (Fsp3) is 0.0870. The molecule has 256 valence electrons. The maximum Gasteiger partial charge on any atom is 0.268 e. The molecule has 0 saturated heterocycles. The molecule has 0 amide bonds. The summed E-state index contributed by atoms with van der Waals surface area (Å²) in [4.78, 5) is 4.81. The van der Waals surface area contributed by atoms with E-state index < -0.39 is 0 Å². The molecular formula is C46H34N4OPt-2. The second kappa shape index (κ2) is 13.4. The summed E-state index contributed by atoms with van der Waals surface area (Å²) < 4.78 is 12.9. The zero-order valence-electron chi connectivity index (χ0n) is 28.9. The van der Waals surface area contributed by atoms with Crippen LogP contribution in [0.1, 0.15) is 26.3 Å². The van der Waals surface area contributed by atoms with Gasteiger partial charge < -0.3 is 13.9 Å². The minimum absolute atomic E-state index is 0. The predicted octanol–water partition coefficient (Wildman–Crippen LogP) is 10.6. The summed E-state index contributed by atoms with van der Waals surface area (Å²) in [6, 6.07) is 57.1. The Morgan fingerprint density at radius 2 is 1.38 bits per heavy atom. The third-order valence-corrected chi connectivity index (χ3v) is 9.40. The molecule has 5 nitrogen and oxygen atoms in total. The van der Waals surface area contributed by atoms with E-state index >= 15 is 0 Å². The van der Waals surface area contributed by atoms with Crippen molar-refractivity contribution in [2.24, 2.45) is 0 Å². The topological polar surface area (TPSA) is 35.9 Å². The van der Waals surface area contributed by atoms with Crippen molar-refractivity contribution in [3.05, 3.63) is 176 Å². The molecule has 0 N–H and O–H groups in total. The normalized spacial score (nSPS) is 11.6. The SMILES string of the molecule is CC(C)(C)c1ccnc(-n2c3[c-]c(Oc4[c-]c(-n5[c-][n+](-c6ccccc6-c6ccccc6)c6ccccc65)ccc4)ccc3c3ccccc32)c1.[Pt]. The predicted molar refractivity (Wildman–Crippen MR) is 204 cm³/mol. The van der Waals surface area contributed by atoms with Crippen LogP contribution in [0.4, 0.5) is 0 Å². The summed E-state index contributed by atoms with van der Waals surface area (Å²) in [6.45, 7) is 6.66. The third-order valence-electron chi connectivity index (χ3n) is 9.40. The van der Waals surface area contributed by atoms with Gasteiger partial charge in [0.15, 0.2) is 0 Å². The van der Waals surface area contributed by atoms with Crippen molar-refractivity contribution < 1.29 is 30.4 Å². The first-order valence-corrected chi connectivity index (χ1v) is 17.1. The Labute approximate surface area is 317 Å². The van der Waals surface area contributed by atoms with Gasteiger partial charge in [0.2, 0.25) is 0 Å². The van der Waals surface area contributed by atoms with Crippen molar-refractivity contribution in [1.82, 2.24) is 14.1 Å². The number of hydrogen-bond acceptors (Lipinski definition) is 2. The average Bonchev–Trinajstić information content (AvgIpc) is 3.71. The van der Waals surface area contributed by atoms with Crippen LogP contribution < -0.4 is 9.30 Å². The molecule has 0 aliphatic heterocycles. The fourth-order valence-electron chi connectivity index (χ4n) is 6.87. The van der Waals surface area contributed by atoms with Gasteiger partial charge in [-0.15, -0.1) is 29.7 Å². The van der Waals surface area contributed by atoms with Gasteiger partial charge in [-0.25, -0.2) is 4.98 Å². The number of para-hydroxylation sites is 4. The Morgan fingerprint density at radius 3 is 2.23 bits per heavy atom. The Balaban J connectivity index is 0.00000387. The number of imidazole rings is 1. The molecule has 0 atom stereocenters. The second-order valence-corrected chi connectivity index (χ2v) is 13.7. The molecule has 0 unspecified atom stereocenters. The first-order valence-electron chi connectivity index (χ1n) is 17.1. The van der Waals surface area contributed by atoms with Crippen LogP contribution in [0.2, 0.25) is 0 Å². The minimum atomic E-state index is -0.0116. The van der Waals surface area contributed by atoms with Crippen molar-refractivity contribution in [2.75, 3.05) is 0 Å². The largest absolute Gasteiger partial charge is 0.510 e. The number of hydrogen-bond donors (Lipinski definition) is 0. The van der Waals surface area contributed by atoms with Crippen LogP contribution in [0.3, 0.4) is 0 Å². The van der Waals surface area contributed by atoms with Crippen molar-refractivity contribution in [1.29, 1.82) is 0 Å². The zero-order chi connectivity index (χ0) is 34.5. The molecule has 3 aromatic heterocycles. The molecule has 52 heavy (non-hydrogen) atoms. The van der Waals surface area contributed by atoms with E-state index in [-0.39, 0.29) is 26.5 Å². The van der Waals surface area contributed by atoms with E-state index in [0.29, 0.717) is 11.5 Å². The Morgan fingerprint density at radius 1 is 0.654 bits per heavy atom. The maximum atomic E-state index is 6.52. The van der Waals surface area contributed by atoms with Crippen molar-refractivity contribution in [2.45, 2.75) is 26.2 Å². The molecule has 0 aliphatic rings. The second-order valence-electron chi connectivity index (χ2n) is 13.7. The van der Waals surface area contributed by atoms with Gasteiger partial charge >= 0.3 is 0 Å². The van der Waals surface area contributed by atoms with E-state index in [4.69, 9.17) is 9.72 Å². The molecule has 0 radical (unpaired) electrons. The number of benzene rings is 6. The first-order chi connectivity index (χ1) is 24.9. The van der Waals surface area contributed by atoms with Gasteiger partial charge in [0.1, 0.15) is 5.82 Å². The van der Waals surface area contributed by atoms with Crippen molar-refractivity contribution in [3.63, 3.8) is 0 Å². The minimum Gasteiger partial charge on any atom is -0.510 e. The summed E-state index contributed by atoms with van der Waals surface area (Å²) in [5.74, 6) is 2.04. The van der Waals surface area contributed by atoms with Gasteiger partial charge in [0, 0.05) is 44.3 Å². The Hall–Kier alpha value is -5.77. The van der Waals surface area contributed by atoms with Gasteiger partial charge in [-0.2, -0.15) is 18.2 Å². The van der Waals surface area contributed by atoms with Crippen LogP contribution in [0, 0.1) is 18.5 Å². The van der Waals surface area contributed by atoms with Gasteiger partial charge in [-0.05, 0) is 57.4 Å². The van der Waals surface area contributed by atoms with Crippen LogP contribution >= 0.6 is 0 Å². The van der Waals surface area contributed by atoms with E-state index in [9.17, 15) is 0 Å². The van der Waals surface area contributed by atoms with Gasteiger partial charge in [0.25, 0.3) is 6.33 Å². The Bertz CT molecular complexity index is 2720. The van der Waals surface area contributed by atoms with E-state index in [1.54, 1.807) is 0 Å². The van der Waals surface area contributed by atoms with Crippen molar-refractivity contribution >= 4 is 32.8 Å². The van der Waals surface area contributed by atoms with Gasteiger partial charge in [-0.1, -0.05) is 117 Å². The number of fused-ring (bicyclic) bond motifs is 4. The quantitative estimate of drug-likeness (QED) is 0.123. The van der Waals surface area contributed by atoms with E-state index in [1.807, 2.05) is 41.1 Å². The van der Waals surface area contributed by atoms with Crippen LogP contribution in [-0.4, -0.2) is 14.1 Å². The molecule has 0 spiro atoms. The number of aromatic nitrogens is 4. The maximum absolute atomic E-state index is 6.52. The molecule has 9 rings (SSSR count). The molecule has 0 bridgehead atoms. The van der Waals surface area contributed by atoms with Crippen LogP contribution in [0.5, 0.6) is 11.5 Å². The molecule has 0 saturated carbocycles. The Kier molecular flexibility index (Phi) is 8.61. The summed E-state index contributed by atoms with van der Waals surface area (Å²) in [5, 5.41) is 2.23. The summed E-state index contributed by atoms with van der Waals surface area (Å²) in [6.07, 6.45) is 5.52. The van der Waals surface area contributed by atoms with Crippen LogP contribution in [0.15, 0.2) is 152 Å². The monoisotopic (exact) mass is 853 g/mol. The van der Waals surface area contributed by atoms with Gasteiger partial charge in [0.05, 0.1) is 16.7 Å². The van der Waals surface area contributed by atoms with Crippen LogP contribution in [-0.2, 0) is 26.5 Å². The number of rotatable bonds is 6. The third kappa shape index (κ3) is 5.91. The molecule has 6 heteroatoms. The molecule has 9 aromatic rings. The first kappa shape index (κ1) is 33.4. The average molecular weight is 854 g/mol. The molecule has 0 fully saturated rings. The van der Waals surface area contributed by atoms with Crippen molar-refractivity contribution in [3.8, 4) is 39.8 Å². The summed E-state index contributed by atoms with van der Waals surface area (Å²) in [7, 11) is 0. The standard InChI is InChI=1S/C46H34N4O.Pt/c1-46(2,3)33-26-27-47-45(28-33)50-41-21-10-8-19-38(41)39-25-24-36(30-44(39)50)51-35-17-13-16-34(29-35)48-31-49(43-23-12-11-22-42(43)48)40-20-9-7-18-37(40)32-14-5-4-6-15-32;/h4-28H,1-3H3;/q-2;. The summed E-state index contributed by atoms with van der Waals surface area (Å²) in [5.41, 5.74) is 9.39. The number of pyridine rings is 1. The molecular weight excluding hydrogens is 820 g/mol. The molecule has 3 heterocycles. The fourth-order valence-corrected chi connectivity index (χ4v) is 6.87. The molecule has 6 aromatic carbocycles. The van der Waals surface area contributed by atoms with E-state index in [0.717, 1.165) is 61.2 Å². The summed E-state index contributed by atoms with van der Waals surface area (Å²) >= 11 is 0. The molecule has 0 aliphatic carbocycles.